The average molecular weight is 203 g/mol. The topological polar surface area (TPSA) is 70.8 Å². The number of hydrogen-bond donors (Lipinski definition) is 1. The van der Waals surface area contributed by atoms with Crippen LogP contribution >= 0.6 is 0 Å². The molecule has 0 unspecified atom stereocenters. The third-order valence-electron chi connectivity index (χ3n) is 2.52. The Balaban J connectivity index is 2.45. The van der Waals surface area contributed by atoms with Gasteiger partial charge < -0.3 is 19.9 Å². The van der Waals surface area contributed by atoms with E-state index < -0.39 is 6.09 Å². The second-order valence-electron chi connectivity index (χ2n) is 3.65. The highest BCUT2D eigenvalue weighted by atomic mass is 16.7. The van der Waals surface area contributed by atoms with Gasteiger partial charge in [0.1, 0.15) is 6.61 Å². The molecular formula is C9H17NO4. The van der Waals surface area contributed by atoms with E-state index in [1.54, 1.807) is 0 Å². The average Bonchev–Trinajstić information content (AvgIpc) is 2.18. The Hall–Kier alpha value is -0.810. The number of amides is 1. The van der Waals surface area contributed by atoms with Gasteiger partial charge in [-0.15, -0.1) is 0 Å². The van der Waals surface area contributed by atoms with Crippen molar-refractivity contribution in [2.24, 2.45) is 11.1 Å². The van der Waals surface area contributed by atoms with Crippen LogP contribution in [0.15, 0.2) is 0 Å². The van der Waals surface area contributed by atoms with Gasteiger partial charge in [0.15, 0.2) is 6.29 Å². The third-order valence-corrected chi connectivity index (χ3v) is 2.52. The molecule has 1 amide bonds. The summed E-state index contributed by atoms with van der Waals surface area (Å²) in [5.41, 5.74) is 4.67. The summed E-state index contributed by atoms with van der Waals surface area (Å²) in [4.78, 5) is 10.5. The van der Waals surface area contributed by atoms with Gasteiger partial charge in [-0.2, -0.15) is 0 Å². The molecule has 1 aliphatic heterocycles. The number of primary amides is 1. The van der Waals surface area contributed by atoms with Crippen molar-refractivity contribution >= 4 is 6.09 Å². The molecule has 0 aromatic heterocycles. The van der Waals surface area contributed by atoms with Gasteiger partial charge >= 0.3 is 6.09 Å². The molecule has 82 valence electrons. The van der Waals surface area contributed by atoms with E-state index in [2.05, 4.69) is 0 Å². The molecule has 0 radical (unpaired) electrons. The molecule has 5 heteroatoms. The standard InChI is InChI=1S/C9H17NO4/c1-3-9(6-14-8(10)11)4-12-7(2)13-5-9/h7H,3-6H2,1-2H3,(H2,10,11). The highest BCUT2D eigenvalue weighted by Gasteiger charge is 2.35. The van der Waals surface area contributed by atoms with Crippen molar-refractivity contribution in [1.82, 2.24) is 0 Å². The van der Waals surface area contributed by atoms with E-state index in [1.165, 1.54) is 0 Å². The number of carbonyl (C=O) groups is 1. The molecule has 0 aromatic rings. The molecule has 1 rings (SSSR count). The fourth-order valence-electron chi connectivity index (χ4n) is 1.29. The fraction of sp³-hybridized carbons (Fsp3) is 0.889. The van der Waals surface area contributed by atoms with Crippen LogP contribution in [-0.4, -0.2) is 32.2 Å². The fourth-order valence-corrected chi connectivity index (χ4v) is 1.29. The number of hydrogen-bond acceptors (Lipinski definition) is 4. The first-order chi connectivity index (χ1) is 6.58. The molecule has 5 nitrogen and oxygen atoms in total. The van der Waals surface area contributed by atoms with Gasteiger partial charge in [0.25, 0.3) is 0 Å². The van der Waals surface area contributed by atoms with Crippen molar-refractivity contribution in [2.45, 2.75) is 26.6 Å². The summed E-state index contributed by atoms with van der Waals surface area (Å²) in [7, 11) is 0. The first kappa shape index (κ1) is 11.3. The van der Waals surface area contributed by atoms with Crippen molar-refractivity contribution in [3.05, 3.63) is 0 Å². The summed E-state index contributed by atoms with van der Waals surface area (Å²) in [6.07, 6.45) is -0.104. The lowest BCUT2D eigenvalue weighted by atomic mass is 9.87. The highest BCUT2D eigenvalue weighted by molar-refractivity contribution is 5.64. The minimum absolute atomic E-state index is 0.178. The Morgan fingerprint density at radius 3 is 2.57 bits per heavy atom. The molecule has 1 fully saturated rings. The van der Waals surface area contributed by atoms with Crippen molar-refractivity contribution in [2.75, 3.05) is 19.8 Å². The first-order valence-corrected chi connectivity index (χ1v) is 4.73. The Labute approximate surface area is 83.5 Å². The predicted octanol–water partition coefficient (Wildman–Crippen LogP) is 0.871. The largest absolute Gasteiger partial charge is 0.449 e. The minimum Gasteiger partial charge on any atom is -0.449 e. The predicted molar refractivity (Wildman–Crippen MR) is 49.6 cm³/mol. The van der Waals surface area contributed by atoms with Crippen LogP contribution in [0.1, 0.15) is 20.3 Å². The number of ether oxygens (including phenoxy) is 3. The molecular weight excluding hydrogens is 186 g/mol. The Bertz CT molecular complexity index is 199. The molecule has 0 aliphatic carbocycles. The van der Waals surface area contributed by atoms with Gasteiger partial charge in [0, 0.05) is 0 Å². The van der Waals surface area contributed by atoms with Crippen LogP contribution in [0.5, 0.6) is 0 Å². The number of carbonyl (C=O) groups excluding carboxylic acids is 1. The molecule has 1 saturated heterocycles. The molecule has 0 bridgehead atoms. The zero-order chi connectivity index (χ0) is 10.6. The quantitative estimate of drug-likeness (QED) is 0.738. The molecule has 0 aromatic carbocycles. The summed E-state index contributed by atoms with van der Waals surface area (Å²) < 4.78 is 15.5. The SMILES string of the molecule is CCC1(COC(N)=O)COC(C)OC1. The number of nitrogens with two attached hydrogens (primary N) is 1. The van der Waals surface area contributed by atoms with E-state index in [1.807, 2.05) is 13.8 Å². The first-order valence-electron chi connectivity index (χ1n) is 4.73. The maximum absolute atomic E-state index is 10.5. The van der Waals surface area contributed by atoms with Crippen LogP contribution in [0.25, 0.3) is 0 Å². The lowest BCUT2D eigenvalue weighted by Gasteiger charge is -2.37. The lowest BCUT2D eigenvalue weighted by Crippen LogP contribution is -2.44. The molecule has 0 atom stereocenters. The van der Waals surface area contributed by atoms with Gasteiger partial charge in [-0.1, -0.05) is 6.92 Å². The highest BCUT2D eigenvalue weighted by Crippen LogP contribution is 2.28. The minimum atomic E-state index is -0.753. The van der Waals surface area contributed by atoms with Crippen LogP contribution in [0.3, 0.4) is 0 Å². The summed E-state index contributed by atoms with van der Waals surface area (Å²) in [6.45, 7) is 5.18. The van der Waals surface area contributed by atoms with Gasteiger partial charge in [-0.3, -0.25) is 0 Å². The van der Waals surface area contributed by atoms with E-state index in [0.717, 1.165) is 6.42 Å². The van der Waals surface area contributed by atoms with Crippen molar-refractivity contribution in [3.63, 3.8) is 0 Å². The van der Waals surface area contributed by atoms with Crippen LogP contribution in [0.4, 0.5) is 4.79 Å². The van der Waals surface area contributed by atoms with E-state index >= 15 is 0 Å². The molecule has 1 aliphatic rings. The zero-order valence-electron chi connectivity index (χ0n) is 8.62. The van der Waals surface area contributed by atoms with Gasteiger partial charge in [-0.25, -0.2) is 4.79 Å². The van der Waals surface area contributed by atoms with Crippen molar-refractivity contribution < 1.29 is 19.0 Å². The Kier molecular flexibility index (Phi) is 3.71. The third kappa shape index (κ3) is 2.85. The van der Waals surface area contributed by atoms with E-state index in [-0.39, 0.29) is 18.3 Å². The lowest BCUT2D eigenvalue weighted by molar-refractivity contribution is -0.228. The monoisotopic (exact) mass is 203 g/mol. The van der Waals surface area contributed by atoms with Crippen LogP contribution in [0, 0.1) is 5.41 Å². The zero-order valence-corrected chi connectivity index (χ0v) is 8.62. The normalized spacial score (nSPS) is 32.6. The van der Waals surface area contributed by atoms with E-state index in [9.17, 15) is 4.79 Å². The van der Waals surface area contributed by atoms with Crippen LogP contribution in [0.2, 0.25) is 0 Å². The smallest absolute Gasteiger partial charge is 0.404 e. The molecule has 0 saturated carbocycles. The molecule has 2 N–H and O–H groups in total. The second kappa shape index (κ2) is 4.61. The Morgan fingerprint density at radius 1 is 1.57 bits per heavy atom. The van der Waals surface area contributed by atoms with Gasteiger partial charge in [0.2, 0.25) is 0 Å². The van der Waals surface area contributed by atoms with Crippen LogP contribution in [-0.2, 0) is 14.2 Å². The summed E-state index contributed by atoms with van der Waals surface area (Å²) in [5.74, 6) is 0. The van der Waals surface area contributed by atoms with Crippen molar-refractivity contribution in [3.8, 4) is 0 Å². The Morgan fingerprint density at radius 2 is 2.14 bits per heavy atom. The molecule has 1 heterocycles. The van der Waals surface area contributed by atoms with Gasteiger partial charge in [0.05, 0.1) is 18.6 Å². The summed E-state index contributed by atoms with van der Waals surface area (Å²) >= 11 is 0. The van der Waals surface area contributed by atoms with E-state index in [0.29, 0.717) is 13.2 Å². The summed E-state index contributed by atoms with van der Waals surface area (Å²) in [6, 6.07) is 0. The molecule has 14 heavy (non-hydrogen) atoms. The van der Waals surface area contributed by atoms with Gasteiger partial charge in [-0.05, 0) is 13.3 Å². The summed E-state index contributed by atoms with van der Waals surface area (Å²) in [5, 5.41) is 0. The second-order valence-corrected chi connectivity index (χ2v) is 3.65. The van der Waals surface area contributed by atoms with E-state index in [4.69, 9.17) is 19.9 Å². The van der Waals surface area contributed by atoms with Crippen LogP contribution < -0.4 is 5.73 Å². The number of rotatable bonds is 3. The van der Waals surface area contributed by atoms with Crippen molar-refractivity contribution in [1.29, 1.82) is 0 Å². The molecule has 0 spiro atoms. The maximum atomic E-state index is 10.5. The maximum Gasteiger partial charge on any atom is 0.404 e.